The van der Waals surface area contributed by atoms with Gasteiger partial charge >= 0.3 is 5.97 Å². The zero-order valence-electron chi connectivity index (χ0n) is 20.4. The number of allylic oxidation sites excluding steroid dienone is 4. The minimum atomic E-state index is -0.975. The number of fused-ring (bicyclic) bond motifs is 1. The second kappa shape index (κ2) is 10.5. The van der Waals surface area contributed by atoms with E-state index in [1.54, 1.807) is 24.3 Å². The largest absolute Gasteiger partial charge is 0.512 e. The molecule has 2 atom stereocenters. The molecule has 9 heteroatoms. The number of nitrogens with one attached hydrogen (secondary N) is 2. The van der Waals surface area contributed by atoms with Crippen LogP contribution >= 0.6 is 11.6 Å². The van der Waals surface area contributed by atoms with E-state index in [2.05, 4.69) is 5.32 Å². The van der Waals surface area contributed by atoms with Crippen LogP contribution in [0.5, 0.6) is 0 Å². The van der Waals surface area contributed by atoms with Crippen LogP contribution in [-0.4, -0.2) is 47.4 Å². The van der Waals surface area contributed by atoms with Crippen molar-refractivity contribution in [2.45, 2.75) is 44.9 Å². The van der Waals surface area contributed by atoms with Crippen LogP contribution in [-0.2, 0) is 19.0 Å². The van der Waals surface area contributed by atoms with Crippen LogP contribution in [0, 0.1) is 18.3 Å². The average molecular weight is 525 g/mol. The molecule has 0 spiro atoms. The van der Waals surface area contributed by atoms with E-state index in [1.807, 2.05) is 25.1 Å². The minimum absolute atomic E-state index is 0.0239. The lowest BCUT2D eigenvalue weighted by Gasteiger charge is -2.32. The molecule has 4 N–H and O–H groups in total. The lowest BCUT2D eigenvalue weighted by Crippen LogP contribution is -2.36. The number of carboxylic acid groups (broad SMARTS) is 1. The van der Waals surface area contributed by atoms with E-state index in [1.165, 1.54) is 0 Å². The standard InChI is InChI=1S/C28H29ClN2O6/c1-15-3-2-4-19(29)25(15)26(30)18(27(32)16-5-6-16)14-36-24-10-9-21-20(31-24)11-12-35-22-8-7-17(28(33)34)13-23(22)37-21/h2-4,7-10,16,23-24,30-32H,5-6,11-14H2,1H3,(H,33,34)/b27-18-,30-26?. The Balaban J connectivity index is 1.29. The maximum absolute atomic E-state index is 11.4. The number of halogens is 1. The number of dihydropyridines is 1. The minimum Gasteiger partial charge on any atom is -0.512 e. The molecule has 1 fully saturated rings. The number of ether oxygens (including phenoxy) is 3. The Kier molecular flexibility index (Phi) is 7.13. The Morgan fingerprint density at radius 2 is 2.08 bits per heavy atom. The molecule has 0 amide bonds. The predicted molar refractivity (Wildman–Crippen MR) is 138 cm³/mol. The summed E-state index contributed by atoms with van der Waals surface area (Å²) in [5.74, 6) is 0.482. The van der Waals surface area contributed by atoms with Crippen molar-refractivity contribution in [1.82, 2.24) is 5.32 Å². The monoisotopic (exact) mass is 524 g/mol. The van der Waals surface area contributed by atoms with E-state index in [4.69, 9.17) is 31.2 Å². The Hall–Kier alpha value is -3.49. The molecule has 0 bridgehead atoms. The van der Waals surface area contributed by atoms with Crippen LogP contribution in [0.25, 0.3) is 0 Å². The van der Waals surface area contributed by atoms with E-state index >= 15 is 0 Å². The Morgan fingerprint density at radius 1 is 1.27 bits per heavy atom. The van der Waals surface area contributed by atoms with Gasteiger partial charge in [0.25, 0.3) is 0 Å². The van der Waals surface area contributed by atoms with Crippen molar-refractivity contribution in [3.8, 4) is 0 Å². The third-order valence-corrected chi connectivity index (χ3v) is 7.14. The normalized spacial score (nSPS) is 23.5. The summed E-state index contributed by atoms with van der Waals surface area (Å²) in [4.78, 5) is 11.4. The number of hydrogen-bond acceptors (Lipinski definition) is 7. The number of aliphatic carboxylic acids is 1. The van der Waals surface area contributed by atoms with Crippen LogP contribution in [0.3, 0.4) is 0 Å². The molecule has 2 unspecified atom stereocenters. The van der Waals surface area contributed by atoms with E-state index in [0.29, 0.717) is 40.7 Å². The predicted octanol–water partition coefficient (Wildman–Crippen LogP) is 5.06. The lowest BCUT2D eigenvalue weighted by molar-refractivity contribution is -0.133. The van der Waals surface area contributed by atoms with E-state index in [-0.39, 0.29) is 36.0 Å². The molecule has 1 saturated carbocycles. The maximum Gasteiger partial charge on any atom is 0.331 e. The van der Waals surface area contributed by atoms with Crippen molar-refractivity contribution in [3.05, 3.63) is 92.8 Å². The van der Waals surface area contributed by atoms with Gasteiger partial charge in [0.15, 0.2) is 6.10 Å². The average Bonchev–Trinajstić information content (AvgIpc) is 3.70. The molecule has 2 aliphatic heterocycles. The highest BCUT2D eigenvalue weighted by Crippen LogP contribution is 2.38. The smallest absolute Gasteiger partial charge is 0.331 e. The molecule has 8 nitrogen and oxygen atoms in total. The number of rotatable bonds is 7. The lowest BCUT2D eigenvalue weighted by atomic mass is 9.96. The molecule has 2 aliphatic carbocycles. The first-order chi connectivity index (χ1) is 17.8. The fraction of sp³-hybridized carbons (Fsp3) is 0.357. The first-order valence-electron chi connectivity index (χ1n) is 12.3. The summed E-state index contributed by atoms with van der Waals surface area (Å²) in [6.45, 7) is 2.31. The summed E-state index contributed by atoms with van der Waals surface area (Å²) >= 11 is 6.42. The van der Waals surface area contributed by atoms with Crippen LogP contribution in [0.15, 0.2) is 76.6 Å². The molecule has 0 aromatic heterocycles. The van der Waals surface area contributed by atoms with Crippen molar-refractivity contribution < 1.29 is 29.2 Å². The number of aliphatic hydroxyl groups excluding tert-OH is 1. The topological polar surface area (TPSA) is 121 Å². The van der Waals surface area contributed by atoms with E-state index in [9.17, 15) is 15.0 Å². The Morgan fingerprint density at radius 3 is 2.81 bits per heavy atom. The van der Waals surface area contributed by atoms with Gasteiger partial charge in [-0.2, -0.15) is 0 Å². The van der Waals surface area contributed by atoms with Gasteiger partial charge in [0.1, 0.15) is 23.5 Å². The molecule has 1 aromatic carbocycles. The maximum atomic E-state index is 11.4. The number of aliphatic hydroxyl groups is 1. The fourth-order valence-corrected chi connectivity index (χ4v) is 4.92. The van der Waals surface area contributed by atoms with Crippen LogP contribution in [0.1, 0.15) is 36.8 Å². The van der Waals surface area contributed by atoms with Gasteiger partial charge in [-0.3, -0.25) is 5.41 Å². The first-order valence-corrected chi connectivity index (χ1v) is 12.7. The summed E-state index contributed by atoms with van der Waals surface area (Å²) in [5.41, 5.74) is 3.08. The number of carboxylic acids is 1. The van der Waals surface area contributed by atoms with Gasteiger partial charge in [-0.05, 0) is 55.7 Å². The highest BCUT2D eigenvalue weighted by molar-refractivity contribution is 6.35. The number of carbonyl (C=O) groups is 1. The summed E-state index contributed by atoms with van der Waals surface area (Å²) in [6, 6.07) is 5.46. The third-order valence-electron chi connectivity index (χ3n) is 6.83. The fourth-order valence-electron chi connectivity index (χ4n) is 4.60. The van der Waals surface area contributed by atoms with Crippen molar-refractivity contribution in [2.24, 2.45) is 5.92 Å². The molecule has 0 saturated heterocycles. The molecule has 37 heavy (non-hydrogen) atoms. The Bertz CT molecular complexity index is 1270. The van der Waals surface area contributed by atoms with Crippen molar-refractivity contribution >= 4 is 23.3 Å². The van der Waals surface area contributed by atoms with Crippen molar-refractivity contribution in [3.63, 3.8) is 0 Å². The second-order valence-electron chi connectivity index (χ2n) is 9.50. The SMILES string of the molecule is Cc1cccc(Cl)c1C(=N)/C(COC1C=CC2=C(CCOC3=CC=C(C(=O)O)CC3O2)N1)=C(\O)C1CC1. The van der Waals surface area contributed by atoms with Gasteiger partial charge in [-0.1, -0.05) is 23.7 Å². The second-order valence-corrected chi connectivity index (χ2v) is 9.91. The van der Waals surface area contributed by atoms with Gasteiger partial charge in [-0.25, -0.2) is 4.79 Å². The van der Waals surface area contributed by atoms with Gasteiger partial charge in [0.05, 0.1) is 29.6 Å². The van der Waals surface area contributed by atoms with Gasteiger partial charge in [0.2, 0.25) is 0 Å². The van der Waals surface area contributed by atoms with Gasteiger partial charge < -0.3 is 29.7 Å². The Labute approximate surface area is 220 Å². The van der Waals surface area contributed by atoms with Gasteiger partial charge in [0, 0.05) is 35.5 Å². The summed E-state index contributed by atoms with van der Waals surface area (Å²) in [7, 11) is 0. The van der Waals surface area contributed by atoms with E-state index < -0.39 is 18.3 Å². The third kappa shape index (κ3) is 5.45. The first kappa shape index (κ1) is 25.2. The molecular weight excluding hydrogens is 496 g/mol. The zero-order chi connectivity index (χ0) is 26.1. The molecule has 4 aliphatic rings. The number of hydrogen-bond donors (Lipinski definition) is 4. The molecule has 5 rings (SSSR count). The highest BCUT2D eigenvalue weighted by Gasteiger charge is 2.32. The van der Waals surface area contributed by atoms with Crippen molar-refractivity contribution in [2.75, 3.05) is 13.2 Å². The summed E-state index contributed by atoms with van der Waals surface area (Å²) in [6.07, 6.45) is 8.32. The molecule has 1 aromatic rings. The number of benzene rings is 1. The van der Waals surface area contributed by atoms with Crippen molar-refractivity contribution in [1.29, 1.82) is 5.41 Å². The zero-order valence-corrected chi connectivity index (χ0v) is 21.2. The quantitative estimate of drug-likeness (QED) is 0.291. The molecular formula is C28H29ClN2O6. The molecule has 0 radical (unpaired) electrons. The van der Waals surface area contributed by atoms with E-state index in [0.717, 1.165) is 24.1 Å². The van der Waals surface area contributed by atoms with Gasteiger partial charge in [-0.15, -0.1) is 0 Å². The van der Waals surface area contributed by atoms with Crippen LogP contribution in [0.2, 0.25) is 5.02 Å². The van der Waals surface area contributed by atoms with Crippen LogP contribution in [0.4, 0.5) is 0 Å². The number of aryl methyl sites for hydroxylation is 1. The summed E-state index contributed by atoms with van der Waals surface area (Å²) < 4.78 is 18.1. The summed E-state index contributed by atoms with van der Waals surface area (Å²) in [5, 5.41) is 32.9. The van der Waals surface area contributed by atoms with Crippen LogP contribution < -0.4 is 5.32 Å². The highest BCUT2D eigenvalue weighted by atomic mass is 35.5. The molecule has 2 heterocycles. The molecule has 194 valence electrons.